The van der Waals surface area contributed by atoms with Gasteiger partial charge in [-0.25, -0.2) is 0 Å². The highest BCUT2D eigenvalue weighted by molar-refractivity contribution is 6.31. The summed E-state index contributed by atoms with van der Waals surface area (Å²) >= 11 is 6.21. The zero-order valence-corrected chi connectivity index (χ0v) is 16.9. The Balaban J connectivity index is 1.57. The molecule has 1 aliphatic rings. The van der Waals surface area contributed by atoms with E-state index in [1.807, 2.05) is 67.4 Å². The molecule has 0 unspecified atom stereocenters. The molecule has 1 atom stereocenters. The second-order valence-electron chi connectivity index (χ2n) is 7.31. The zero-order valence-electron chi connectivity index (χ0n) is 16.1. The molecule has 0 spiro atoms. The molecule has 0 aliphatic carbocycles. The summed E-state index contributed by atoms with van der Waals surface area (Å²) in [7, 11) is 2.00. The minimum absolute atomic E-state index is 0.0372. The lowest BCUT2D eigenvalue weighted by Gasteiger charge is -2.32. The van der Waals surface area contributed by atoms with Gasteiger partial charge in [-0.2, -0.15) is 0 Å². The standard InChI is InChI=1S/C22H23ClN4O/c1-15-18(11-6-12-19(15)23)22(28)27-13-7-10-17(14-27)21-25-24-20(26(21)2)16-8-4-3-5-9-16/h3-6,8-9,11-12,17H,7,10,13-14H2,1-2H3/t17-/m0/s1. The monoisotopic (exact) mass is 394 g/mol. The van der Waals surface area contributed by atoms with Gasteiger partial charge >= 0.3 is 0 Å². The molecule has 1 fully saturated rings. The number of halogens is 1. The number of likely N-dealkylation sites (tertiary alicyclic amines) is 1. The van der Waals surface area contributed by atoms with Crippen LogP contribution in [0.1, 0.15) is 40.5 Å². The summed E-state index contributed by atoms with van der Waals surface area (Å²) in [5, 5.41) is 9.50. The highest BCUT2D eigenvalue weighted by Crippen LogP contribution is 2.29. The maximum Gasteiger partial charge on any atom is 0.254 e. The third-order valence-corrected chi connectivity index (χ3v) is 5.92. The summed E-state index contributed by atoms with van der Waals surface area (Å²) in [4.78, 5) is 15.0. The molecule has 5 nitrogen and oxygen atoms in total. The normalized spacial score (nSPS) is 17.0. The van der Waals surface area contributed by atoms with Crippen molar-refractivity contribution in [1.82, 2.24) is 19.7 Å². The Kier molecular flexibility index (Phi) is 5.18. The molecule has 2 aromatic carbocycles. The van der Waals surface area contributed by atoms with Crippen LogP contribution >= 0.6 is 11.6 Å². The minimum atomic E-state index is 0.0372. The fourth-order valence-electron chi connectivity index (χ4n) is 3.92. The van der Waals surface area contributed by atoms with Crippen molar-refractivity contribution in [3.05, 3.63) is 70.5 Å². The lowest BCUT2D eigenvalue weighted by atomic mass is 9.96. The summed E-state index contributed by atoms with van der Waals surface area (Å²) in [6.07, 6.45) is 1.95. The third kappa shape index (κ3) is 3.42. The Labute approximate surface area is 170 Å². The van der Waals surface area contributed by atoms with Crippen LogP contribution in [0.4, 0.5) is 0 Å². The molecule has 3 aromatic rings. The van der Waals surface area contributed by atoms with Gasteiger partial charge in [-0.3, -0.25) is 4.79 Å². The Bertz CT molecular complexity index is 999. The minimum Gasteiger partial charge on any atom is -0.338 e. The summed E-state index contributed by atoms with van der Waals surface area (Å²) in [6.45, 7) is 3.29. The van der Waals surface area contributed by atoms with E-state index in [0.717, 1.165) is 42.2 Å². The van der Waals surface area contributed by atoms with Crippen molar-refractivity contribution in [2.45, 2.75) is 25.7 Å². The number of amides is 1. The largest absolute Gasteiger partial charge is 0.338 e. The van der Waals surface area contributed by atoms with Crippen molar-refractivity contribution in [3.8, 4) is 11.4 Å². The third-order valence-electron chi connectivity index (χ3n) is 5.51. The molecule has 0 bridgehead atoms. The number of nitrogens with zero attached hydrogens (tertiary/aromatic N) is 4. The molecule has 1 saturated heterocycles. The number of piperidine rings is 1. The summed E-state index contributed by atoms with van der Waals surface area (Å²) in [6, 6.07) is 15.6. The van der Waals surface area contributed by atoms with Crippen molar-refractivity contribution in [3.63, 3.8) is 0 Å². The predicted octanol–water partition coefficient (Wildman–Crippen LogP) is 4.46. The van der Waals surface area contributed by atoms with E-state index in [-0.39, 0.29) is 11.8 Å². The van der Waals surface area contributed by atoms with Gasteiger partial charge < -0.3 is 9.47 Å². The number of carbonyl (C=O) groups is 1. The van der Waals surface area contributed by atoms with Crippen LogP contribution in [0, 0.1) is 6.92 Å². The second-order valence-corrected chi connectivity index (χ2v) is 7.72. The van der Waals surface area contributed by atoms with Crippen molar-refractivity contribution < 1.29 is 4.79 Å². The van der Waals surface area contributed by atoms with Gasteiger partial charge in [-0.15, -0.1) is 10.2 Å². The highest BCUT2D eigenvalue weighted by Gasteiger charge is 2.29. The Hall–Kier alpha value is -2.66. The SMILES string of the molecule is Cc1c(Cl)cccc1C(=O)N1CCC[C@H](c2nnc(-c3ccccc3)n2C)C1. The first kappa shape index (κ1) is 18.7. The van der Waals surface area contributed by atoms with Gasteiger partial charge in [0.05, 0.1) is 0 Å². The number of benzene rings is 2. The van der Waals surface area contributed by atoms with Crippen LogP contribution in [-0.4, -0.2) is 38.7 Å². The van der Waals surface area contributed by atoms with E-state index >= 15 is 0 Å². The van der Waals surface area contributed by atoms with Gasteiger partial charge in [0.15, 0.2) is 5.82 Å². The van der Waals surface area contributed by atoms with Crippen LogP contribution in [0.3, 0.4) is 0 Å². The summed E-state index contributed by atoms with van der Waals surface area (Å²) < 4.78 is 2.05. The van der Waals surface area contributed by atoms with Crippen LogP contribution in [-0.2, 0) is 7.05 Å². The molecule has 28 heavy (non-hydrogen) atoms. The zero-order chi connectivity index (χ0) is 19.7. The van der Waals surface area contributed by atoms with E-state index in [9.17, 15) is 4.79 Å². The molecule has 2 heterocycles. The lowest BCUT2D eigenvalue weighted by molar-refractivity contribution is 0.0702. The quantitative estimate of drug-likeness (QED) is 0.658. The molecular formula is C22H23ClN4O. The second kappa shape index (κ2) is 7.76. The van der Waals surface area contributed by atoms with E-state index < -0.39 is 0 Å². The molecule has 0 radical (unpaired) electrons. The first-order valence-electron chi connectivity index (χ1n) is 9.55. The van der Waals surface area contributed by atoms with E-state index in [0.29, 0.717) is 17.1 Å². The predicted molar refractivity (Wildman–Crippen MR) is 111 cm³/mol. The van der Waals surface area contributed by atoms with Gasteiger partial charge in [0.1, 0.15) is 5.82 Å². The molecule has 0 saturated carbocycles. The molecule has 6 heteroatoms. The Morgan fingerprint density at radius 2 is 1.89 bits per heavy atom. The Morgan fingerprint density at radius 1 is 1.11 bits per heavy atom. The van der Waals surface area contributed by atoms with Crippen molar-refractivity contribution in [2.75, 3.05) is 13.1 Å². The number of aromatic nitrogens is 3. The van der Waals surface area contributed by atoms with Crippen molar-refractivity contribution in [2.24, 2.45) is 7.05 Å². The van der Waals surface area contributed by atoms with Gasteiger partial charge in [0.2, 0.25) is 0 Å². The molecule has 144 valence electrons. The number of hydrogen-bond acceptors (Lipinski definition) is 3. The molecule has 1 aromatic heterocycles. The average molecular weight is 395 g/mol. The summed E-state index contributed by atoms with van der Waals surface area (Å²) in [5.74, 6) is 1.99. The number of carbonyl (C=O) groups excluding carboxylic acids is 1. The van der Waals surface area contributed by atoms with E-state index in [1.54, 1.807) is 0 Å². The van der Waals surface area contributed by atoms with E-state index in [4.69, 9.17) is 11.6 Å². The van der Waals surface area contributed by atoms with Gasteiger partial charge in [0, 0.05) is 42.2 Å². The lowest BCUT2D eigenvalue weighted by Crippen LogP contribution is -2.40. The highest BCUT2D eigenvalue weighted by atomic mass is 35.5. The Morgan fingerprint density at radius 3 is 2.68 bits per heavy atom. The number of rotatable bonds is 3. The topological polar surface area (TPSA) is 51.0 Å². The van der Waals surface area contributed by atoms with Crippen molar-refractivity contribution >= 4 is 17.5 Å². The molecule has 1 aliphatic heterocycles. The average Bonchev–Trinajstić information content (AvgIpc) is 3.11. The maximum absolute atomic E-state index is 13.1. The fourth-order valence-corrected chi connectivity index (χ4v) is 4.09. The first-order valence-corrected chi connectivity index (χ1v) is 9.93. The van der Waals surface area contributed by atoms with Gasteiger partial charge in [0.25, 0.3) is 5.91 Å². The van der Waals surface area contributed by atoms with E-state index in [1.165, 1.54) is 0 Å². The fraction of sp³-hybridized carbons (Fsp3) is 0.318. The van der Waals surface area contributed by atoms with E-state index in [2.05, 4.69) is 14.8 Å². The van der Waals surface area contributed by atoms with Crippen LogP contribution in [0.15, 0.2) is 48.5 Å². The summed E-state index contributed by atoms with van der Waals surface area (Å²) in [5.41, 5.74) is 2.56. The van der Waals surface area contributed by atoms with Crippen LogP contribution in [0.25, 0.3) is 11.4 Å². The molecule has 0 N–H and O–H groups in total. The molecular weight excluding hydrogens is 372 g/mol. The number of hydrogen-bond donors (Lipinski definition) is 0. The van der Waals surface area contributed by atoms with Gasteiger partial charge in [-0.1, -0.05) is 48.0 Å². The first-order chi connectivity index (χ1) is 13.6. The van der Waals surface area contributed by atoms with Crippen LogP contribution < -0.4 is 0 Å². The maximum atomic E-state index is 13.1. The van der Waals surface area contributed by atoms with Crippen LogP contribution in [0.2, 0.25) is 5.02 Å². The smallest absolute Gasteiger partial charge is 0.254 e. The van der Waals surface area contributed by atoms with Gasteiger partial charge in [-0.05, 0) is 37.5 Å². The van der Waals surface area contributed by atoms with Crippen molar-refractivity contribution in [1.29, 1.82) is 0 Å². The van der Waals surface area contributed by atoms with Crippen LogP contribution in [0.5, 0.6) is 0 Å². The molecule has 1 amide bonds. The molecule has 4 rings (SSSR count).